The first-order valence-corrected chi connectivity index (χ1v) is 11.3. The molecule has 9 heteroatoms. The number of sulfone groups is 1. The lowest BCUT2D eigenvalue weighted by Gasteiger charge is -2.11. The Kier molecular flexibility index (Phi) is 6.02. The van der Waals surface area contributed by atoms with Gasteiger partial charge in [0, 0.05) is 22.6 Å². The van der Waals surface area contributed by atoms with Crippen molar-refractivity contribution in [2.24, 2.45) is 0 Å². The molecule has 0 fully saturated rings. The zero-order valence-electron chi connectivity index (χ0n) is 17.7. The molecule has 0 aliphatic heterocycles. The van der Waals surface area contributed by atoms with Crippen LogP contribution in [0.25, 0.3) is 5.95 Å². The molecular weight excluding hydrogens is 402 g/mol. The van der Waals surface area contributed by atoms with Crippen molar-refractivity contribution in [3.8, 4) is 5.95 Å². The number of aryl methyl sites for hydroxylation is 3. The Bertz CT molecular complexity index is 1200. The van der Waals surface area contributed by atoms with Crippen LogP contribution >= 0.6 is 0 Å². The number of aromatic nitrogens is 4. The summed E-state index contributed by atoms with van der Waals surface area (Å²) in [6.07, 6.45) is 0.0585. The fourth-order valence-electron chi connectivity index (χ4n) is 3.28. The van der Waals surface area contributed by atoms with E-state index < -0.39 is 9.84 Å². The van der Waals surface area contributed by atoms with E-state index in [-0.39, 0.29) is 28.7 Å². The molecule has 1 amide bonds. The molecule has 2 heterocycles. The summed E-state index contributed by atoms with van der Waals surface area (Å²) >= 11 is 0. The number of rotatable bonds is 6. The van der Waals surface area contributed by atoms with Gasteiger partial charge in [-0.1, -0.05) is 19.1 Å². The third kappa shape index (κ3) is 4.40. The van der Waals surface area contributed by atoms with Crippen LogP contribution in [0.15, 0.2) is 35.2 Å². The van der Waals surface area contributed by atoms with Gasteiger partial charge >= 0.3 is 0 Å². The van der Waals surface area contributed by atoms with Crippen LogP contribution in [0.2, 0.25) is 0 Å². The third-order valence-electron chi connectivity index (χ3n) is 4.81. The fourth-order valence-corrected chi connectivity index (χ4v) is 4.33. The van der Waals surface area contributed by atoms with E-state index in [1.807, 2.05) is 33.8 Å². The van der Waals surface area contributed by atoms with Crippen LogP contribution in [0.3, 0.4) is 0 Å². The molecule has 0 aliphatic carbocycles. The van der Waals surface area contributed by atoms with Crippen molar-refractivity contribution in [1.82, 2.24) is 19.7 Å². The summed E-state index contributed by atoms with van der Waals surface area (Å²) in [6, 6.07) is 8.30. The average Bonchev–Trinajstić information content (AvgIpc) is 2.96. The van der Waals surface area contributed by atoms with E-state index in [1.54, 1.807) is 29.8 Å². The lowest BCUT2D eigenvalue weighted by atomic mass is 10.1. The maximum absolute atomic E-state index is 12.7. The Morgan fingerprint density at radius 3 is 2.33 bits per heavy atom. The van der Waals surface area contributed by atoms with Crippen LogP contribution < -0.4 is 5.32 Å². The number of anilines is 1. The second-order valence-corrected chi connectivity index (χ2v) is 9.38. The highest BCUT2D eigenvalue weighted by atomic mass is 32.2. The summed E-state index contributed by atoms with van der Waals surface area (Å²) in [6.45, 7) is 9.04. The molecule has 1 N–H and O–H groups in total. The van der Waals surface area contributed by atoms with E-state index in [0.717, 1.165) is 22.6 Å². The lowest BCUT2D eigenvalue weighted by Crippen LogP contribution is -2.18. The van der Waals surface area contributed by atoms with Crippen molar-refractivity contribution in [3.05, 3.63) is 58.7 Å². The van der Waals surface area contributed by atoms with Gasteiger partial charge in [0.15, 0.2) is 9.84 Å². The number of hydrogen-bond donors (Lipinski definition) is 1. The van der Waals surface area contributed by atoms with Crippen molar-refractivity contribution in [2.75, 3.05) is 11.1 Å². The molecule has 0 atom stereocenters. The number of carbonyl (C=O) groups is 1. The van der Waals surface area contributed by atoms with Crippen LogP contribution in [-0.2, 0) is 21.1 Å². The SMILES string of the molecule is CCS(=O)(=O)c1ccccc1NC(=O)Cc1c(C)nn(-c2nc(C)cc(C)n2)c1C. The molecule has 0 saturated carbocycles. The molecule has 0 radical (unpaired) electrons. The second kappa shape index (κ2) is 8.35. The molecule has 30 heavy (non-hydrogen) atoms. The average molecular weight is 428 g/mol. The van der Waals surface area contributed by atoms with E-state index in [9.17, 15) is 13.2 Å². The predicted octanol–water partition coefficient (Wildman–Crippen LogP) is 2.87. The van der Waals surface area contributed by atoms with Gasteiger partial charge in [-0.25, -0.2) is 23.1 Å². The first kappa shape index (κ1) is 21.6. The third-order valence-corrected chi connectivity index (χ3v) is 6.60. The maximum atomic E-state index is 12.7. The van der Waals surface area contributed by atoms with E-state index in [1.165, 1.54) is 6.07 Å². The molecule has 2 aromatic heterocycles. The van der Waals surface area contributed by atoms with Crippen molar-refractivity contribution < 1.29 is 13.2 Å². The summed E-state index contributed by atoms with van der Waals surface area (Å²) in [5, 5.41) is 7.24. The van der Waals surface area contributed by atoms with Crippen LogP contribution in [-0.4, -0.2) is 39.8 Å². The number of hydrogen-bond acceptors (Lipinski definition) is 6. The van der Waals surface area contributed by atoms with E-state index in [4.69, 9.17) is 0 Å². The maximum Gasteiger partial charge on any atom is 0.251 e. The van der Waals surface area contributed by atoms with Gasteiger partial charge in [-0.05, 0) is 45.9 Å². The number of benzene rings is 1. The Balaban J connectivity index is 1.88. The van der Waals surface area contributed by atoms with E-state index in [2.05, 4.69) is 20.4 Å². The van der Waals surface area contributed by atoms with Gasteiger partial charge in [0.2, 0.25) is 5.91 Å². The zero-order chi connectivity index (χ0) is 22.1. The van der Waals surface area contributed by atoms with Gasteiger partial charge in [-0.15, -0.1) is 0 Å². The molecule has 158 valence electrons. The van der Waals surface area contributed by atoms with Gasteiger partial charge < -0.3 is 5.32 Å². The van der Waals surface area contributed by atoms with Gasteiger partial charge in [-0.3, -0.25) is 4.79 Å². The molecule has 3 rings (SSSR count). The number of nitrogens with one attached hydrogen (secondary N) is 1. The molecular formula is C21H25N5O3S. The standard InChI is InChI=1S/C21H25N5O3S/c1-6-30(28,29)19-10-8-7-9-18(19)24-20(27)12-17-15(4)25-26(16(17)5)21-22-13(2)11-14(3)23-21/h7-11H,6,12H2,1-5H3,(H,24,27). The Morgan fingerprint density at radius 1 is 1.07 bits per heavy atom. The van der Waals surface area contributed by atoms with Crippen LogP contribution in [0.5, 0.6) is 0 Å². The van der Waals surface area contributed by atoms with Gasteiger partial charge in [0.25, 0.3) is 5.95 Å². The van der Waals surface area contributed by atoms with Gasteiger partial charge in [-0.2, -0.15) is 5.10 Å². The molecule has 0 aliphatic rings. The first-order chi connectivity index (χ1) is 14.1. The highest BCUT2D eigenvalue weighted by Gasteiger charge is 2.20. The number of nitrogens with zero attached hydrogens (tertiary/aromatic N) is 4. The molecule has 0 saturated heterocycles. The minimum atomic E-state index is -3.45. The summed E-state index contributed by atoms with van der Waals surface area (Å²) in [5.41, 5.74) is 4.16. The topological polar surface area (TPSA) is 107 Å². The first-order valence-electron chi connectivity index (χ1n) is 9.61. The minimum Gasteiger partial charge on any atom is -0.325 e. The molecule has 0 unspecified atom stereocenters. The van der Waals surface area contributed by atoms with Crippen LogP contribution in [0.4, 0.5) is 5.69 Å². The summed E-state index contributed by atoms with van der Waals surface area (Å²) in [5.74, 6) is 0.0980. The van der Waals surface area contributed by atoms with Crippen molar-refractivity contribution in [2.45, 2.75) is 45.9 Å². The summed E-state index contributed by atoms with van der Waals surface area (Å²) in [7, 11) is -3.45. The number of carbonyl (C=O) groups excluding carboxylic acids is 1. The lowest BCUT2D eigenvalue weighted by molar-refractivity contribution is -0.115. The Labute approximate surface area is 176 Å². The number of para-hydroxylation sites is 1. The van der Waals surface area contributed by atoms with Crippen molar-refractivity contribution in [3.63, 3.8) is 0 Å². The van der Waals surface area contributed by atoms with E-state index in [0.29, 0.717) is 11.6 Å². The normalized spacial score (nSPS) is 11.5. The van der Waals surface area contributed by atoms with Crippen LogP contribution in [0, 0.1) is 27.7 Å². The largest absolute Gasteiger partial charge is 0.325 e. The second-order valence-electron chi connectivity index (χ2n) is 7.14. The van der Waals surface area contributed by atoms with Crippen LogP contribution in [0.1, 0.15) is 35.3 Å². The van der Waals surface area contributed by atoms with E-state index >= 15 is 0 Å². The van der Waals surface area contributed by atoms with Gasteiger partial charge in [0.05, 0.1) is 28.5 Å². The van der Waals surface area contributed by atoms with Crippen molar-refractivity contribution >= 4 is 21.4 Å². The summed E-state index contributed by atoms with van der Waals surface area (Å²) < 4.78 is 26.2. The number of amides is 1. The smallest absolute Gasteiger partial charge is 0.251 e. The zero-order valence-corrected chi connectivity index (χ0v) is 18.5. The molecule has 1 aromatic carbocycles. The van der Waals surface area contributed by atoms with Gasteiger partial charge in [0.1, 0.15) is 0 Å². The fraction of sp³-hybridized carbons (Fsp3) is 0.333. The molecule has 0 bridgehead atoms. The highest BCUT2D eigenvalue weighted by Crippen LogP contribution is 2.23. The quantitative estimate of drug-likeness (QED) is 0.648. The Hall–Kier alpha value is -3.07. The Morgan fingerprint density at radius 2 is 1.70 bits per heavy atom. The molecule has 0 spiro atoms. The monoisotopic (exact) mass is 427 g/mol. The summed E-state index contributed by atoms with van der Waals surface area (Å²) in [4.78, 5) is 21.7. The highest BCUT2D eigenvalue weighted by molar-refractivity contribution is 7.91. The minimum absolute atomic E-state index is 0.0409. The molecule has 3 aromatic rings. The molecule has 8 nitrogen and oxygen atoms in total. The predicted molar refractivity (Wildman–Crippen MR) is 115 cm³/mol. The van der Waals surface area contributed by atoms with Crippen molar-refractivity contribution in [1.29, 1.82) is 0 Å².